The lowest BCUT2D eigenvalue weighted by Crippen LogP contribution is -2.41. The third-order valence-electron chi connectivity index (χ3n) is 6.10. The van der Waals surface area contributed by atoms with E-state index in [-0.39, 0.29) is 23.4 Å². The highest BCUT2D eigenvalue weighted by Gasteiger charge is 2.50. The monoisotopic (exact) mass is 374 g/mol. The van der Waals surface area contributed by atoms with Crippen molar-refractivity contribution in [2.75, 3.05) is 0 Å². The van der Waals surface area contributed by atoms with E-state index in [9.17, 15) is 0 Å². The van der Waals surface area contributed by atoms with Crippen molar-refractivity contribution in [3.05, 3.63) is 41.4 Å². The van der Waals surface area contributed by atoms with E-state index in [0.717, 1.165) is 5.56 Å². The summed E-state index contributed by atoms with van der Waals surface area (Å²) in [6.07, 6.45) is 2.06. The predicted octanol–water partition coefficient (Wildman–Crippen LogP) is 5.85. The minimum atomic E-state index is -1.71. The Hall–Kier alpha value is -0.878. The summed E-state index contributed by atoms with van der Waals surface area (Å²) in [5.41, 5.74) is 1.75. The van der Waals surface area contributed by atoms with Gasteiger partial charge < -0.3 is 13.7 Å². The minimum Gasteiger partial charge on any atom is -0.413 e. The second kappa shape index (κ2) is 7.27. The first-order valence-electron chi connectivity index (χ1n) is 9.50. The molecule has 0 unspecified atom stereocenters. The van der Waals surface area contributed by atoms with E-state index in [1.165, 1.54) is 5.56 Å². The van der Waals surface area contributed by atoms with Crippen LogP contribution >= 0.6 is 0 Å². The first kappa shape index (κ1) is 21.4. The summed E-state index contributed by atoms with van der Waals surface area (Å²) in [6.45, 7) is 20.3. The van der Waals surface area contributed by atoms with Crippen molar-refractivity contribution in [2.24, 2.45) is 0 Å². The van der Waals surface area contributed by atoms with E-state index < -0.39 is 8.32 Å². The van der Waals surface area contributed by atoms with Crippen molar-refractivity contribution in [3.63, 3.8) is 0 Å². The van der Waals surface area contributed by atoms with Crippen molar-refractivity contribution < 1.29 is 13.7 Å². The lowest BCUT2D eigenvalue weighted by Gasteiger charge is -2.36. The Kier molecular flexibility index (Phi) is 5.99. The summed E-state index contributed by atoms with van der Waals surface area (Å²) in [5, 5.41) is 0.235. The zero-order valence-corrected chi connectivity index (χ0v) is 19.0. The molecule has 0 atom stereocenters. The Balaban J connectivity index is 1.94. The standard InChI is InChI=1S/C21H35BO3Si/c1-19(2,3)26(8,9)23-16-18-12-10-17(11-13-18)14-15-22-24-20(4,5)21(6,7)25-22/h10-15H,16H2,1-9H3. The number of hydrogen-bond acceptors (Lipinski definition) is 3. The van der Waals surface area contributed by atoms with Gasteiger partial charge in [-0.1, -0.05) is 57.1 Å². The van der Waals surface area contributed by atoms with Crippen LogP contribution in [0.1, 0.15) is 59.6 Å². The van der Waals surface area contributed by atoms with Crippen LogP contribution in [0.4, 0.5) is 0 Å². The molecule has 5 heteroatoms. The van der Waals surface area contributed by atoms with Gasteiger partial charge in [0.05, 0.1) is 17.8 Å². The number of hydrogen-bond donors (Lipinski definition) is 0. The van der Waals surface area contributed by atoms with Gasteiger partial charge in [-0.25, -0.2) is 0 Å². The Bertz CT molecular complexity index is 626. The van der Waals surface area contributed by atoms with Crippen LogP contribution in [0.15, 0.2) is 30.2 Å². The lowest BCUT2D eigenvalue weighted by molar-refractivity contribution is 0.00578. The van der Waals surface area contributed by atoms with E-state index in [1.807, 2.05) is 5.98 Å². The fourth-order valence-corrected chi connectivity index (χ4v) is 3.32. The molecule has 3 nitrogen and oxygen atoms in total. The Morgan fingerprint density at radius 3 is 1.96 bits per heavy atom. The zero-order valence-electron chi connectivity index (χ0n) is 18.0. The molecule has 1 fully saturated rings. The Morgan fingerprint density at radius 2 is 1.50 bits per heavy atom. The Morgan fingerprint density at radius 1 is 1.00 bits per heavy atom. The van der Waals surface area contributed by atoms with Gasteiger partial charge in [0.25, 0.3) is 0 Å². The first-order chi connectivity index (χ1) is 11.7. The van der Waals surface area contributed by atoms with Gasteiger partial charge >= 0.3 is 7.12 Å². The molecule has 0 aromatic heterocycles. The smallest absolute Gasteiger partial charge is 0.413 e. The van der Waals surface area contributed by atoms with E-state index in [4.69, 9.17) is 13.7 Å². The molecule has 1 aromatic carbocycles. The summed E-state index contributed by atoms with van der Waals surface area (Å²) in [5.74, 6) is 1.98. The van der Waals surface area contributed by atoms with Crippen molar-refractivity contribution in [2.45, 2.75) is 84.4 Å². The fraction of sp³-hybridized carbons (Fsp3) is 0.619. The SMILES string of the molecule is CC1(C)OB(C=Cc2ccc(CO[Si](C)(C)C(C)(C)C)cc2)OC1(C)C. The van der Waals surface area contributed by atoms with Gasteiger partial charge in [-0.15, -0.1) is 0 Å². The highest BCUT2D eigenvalue weighted by Crippen LogP contribution is 2.38. The second-order valence-corrected chi connectivity index (χ2v) is 14.6. The molecule has 0 amide bonds. The van der Waals surface area contributed by atoms with Crippen molar-refractivity contribution in [3.8, 4) is 0 Å². The highest BCUT2D eigenvalue weighted by atomic mass is 28.4. The number of rotatable bonds is 5. The molecule has 1 saturated heterocycles. The predicted molar refractivity (Wildman–Crippen MR) is 114 cm³/mol. The molecule has 26 heavy (non-hydrogen) atoms. The van der Waals surface area contributed by atoms with Crippen molar-refractivity contribution in [1.29, 1.82) is 0 Å². The summed E-state index contributed by atoms with van der Waals surface area (Å²) in [4.78, 5) is 0. The van der Waals surface area contributed by atoms with Gasteiger partial charge in [0, 0.05) is 0 Å². The third-order valence-corrected chi connectivity index (χ3v) is 10.6. The quantitative estimate of drug-likeness (QED) is 0.605. The van der Waals surface area contributed by atoms with Crippen LogP contribution in [-0.2, 0) is 20.3 Å². The zero-order chi connectivity index (χ0) is 19.8. The molecule has 1 aliphatic rings. The van der Waals surface area contributed by atoms with Crippen LogP contribution in [0.25, 0.3) is 6.08 Å². The molecule has 0 aliphatic carbocycles. The molecule has 1 aromatic rings. The molecule has 0 N–H and O–H groups in total. The molecule has 1 aliphatic heterocycles. The van der Waals surface area contributed by atoms with Crippen LogP contribution in [0.3, 0.4) is 0 Å². The largest absolute Gasteiger partial charge is 0.487 e. The van der Waals surface area contributed by atoms with Gasteiger partial charge in [-0.3, -0.25) is 0 Å². The lowest BCUT2D eigenvalue weighted by atomic mass is 9.89. The van der Waals surface area contributed by atoms with Gasteiger partial charge in [0.2, 0.25) is 0 Å². The maximum absolute atomic E-state index is 6.29. The summed E-state index contributed by atoms with van der Waals surface area (Å²) < 4.78 is 18.3. The van der Waals surface area contributed by atoms with Crippen LogP contribution in [0.5, 0.6) is 0 Å². The summed E-state index contributed by atoms with van der Waals surface area (Å²) >= 11 is 0. The van der Waals surface area contributed by atoms with Gasteiger partial charge in [0.15, 0.2) is 8.32 Å². The van der Waals surface area contributed by atoms with Gasteiger partial charge in [-0.05, 0) is 57.0 Å². The molecular formula is C21H35BO3Si. The average Bonchev–Trinajstić information content (AvgIpc) is 2.70. The van der Waals surface area contributed by atoms with Crippen LogP contribution in [0.2, 0.25) is 18.1 Å². The normalized spacial score (nSPS) is 20.1. The molecule has 0 spiro atoms. The van der Waals surface area contributed by atoms with Crippen LogP contribution < -0.4 is 0 Å². The minimum absolute atomic E-state index is 0.235. The maximum atomic E-state index is 6.29. The summed E-state index contributed by atoms with van der Waals surface area (Å²) in [7, 11) is -2.01. The van der Waals surface area contributed by atoms with E-state index in [2.05, 4.69) is 91.9 Å². The Labute approximate surface area is 161 Å². The fourth-order valence-electron chi connectivity index (χ4n) is 2.36. The van der Waals surface area contributed by atoms with Crippen molar-refractivity contribution >= 4 is 21.5 Å². The van der Waals surface area contributed by atoms with E-state index >= 15 is 0 Å². The molecule has 2 rings (SSSR count). The molecular weight excluding hydrogens is 339 g/mol. The molecule has 144 valence electrons. The molecule has 0 radical (unpaired) electrons. The maximum Gasteiger partial charge on any atom is 0.487 e. The molecule has 0 saturated carbocycles. The molecule has 0 bridgehead atoms. The summed E-state index contributed by atoms with van der Waals surface area (Å²) in [6, 6.07) is 8.51. The highest BCUT2D eigenvalue weighted by molar-refractivity contribution is 6.74. The third kappa shape index (κ3) is 4.89. The topological polar surface area (TPSA) is 27.7 Å². The van der Waals surface area contributed by atoms with Gasteiger partial charge in [0.1, 0.15) is 0 Å². The van der Waals surface area contributed by atoms with E-state index in [0.29, 0.717) is 6.61 Å². The second-order valence-electron chi connectivity index (χ2n) is 9.77. The van der Waals surface area contributed by atoms with Crippen molar-refractivity contribution in [1.82, 2.24) is 0 Å². The van der Waals surface area contributed by atoms with E-state index in [1.54, 1.807) is 0 Å². The van der Waals surface area contributed by atoms with Crippen LogP contribution in [-0.4, -0.2) is 26.6 Å². The average molecular weight is 374 g/mol. The van der Waals surface area contributed by atoms with Crippen LogP contribution in [0, 0.1) is 0 Å². The first-order valence-corrected chi connectivity index (χ1v) is 12.4. The molecule has 1 heterocycles. The van der Waals surface area contributed by atoms with Gasteiger partial charge in [-0.2, -0.15) is 0 Å². The number of benzene rings is 1.